The van der Waals surface area contributed by atoms with Crippen LogP contribution in [0.5, 0.6) is 0 Å². The van der Waals surface area contributed by atoms with Crippen molar-refractivity contribution < 1.29 is 4.74 Å². The highest BCUT2D eigenvalue weighted by Gasteiger charge is 2.32. The van der Waals surface area contributed by atoms with Gasteiger partial charge in [0.1, 0.15) is 5.82 Å². The number of ether oxygens (including phenoxy) is 1. The van der Waals surface area contributed by atoms with Crippen molar-refractivity contribution in [2.24, 2.45) is 0 Å². The molecule has 0 radical (unpaired) electrons. The molecule has 116 valence electrons. The maximum absolute atomic E-state index is 6.25. The molecule has 0 saturated heterocycles. The van der Waals surface area contributed by atoms with E-state index in [9.17, 15) is 0 Å². The number of aromatic nitrogens is 4. The van der Waals surface area contributed by atoms with Gasteiger partial charge in [0, 0.05) is 36.7 Å². The molecule has 0 aliphatic heterocycles. The third-order valence-corrected chi connectivity index (χ3v) is 4.47. The molecule has 3 aromatic heterocycles. The van der Waals surface area contributed by atoms with Gasteiger partial charge in [-0.05, 0) is 36.5 Å². The molecule has 3 aromatic rings. The molecule has 2 N–H and O–H groups in total. The second-order valence-corrected chi connectivity index (χ2v) is 5.82. The Bertz CT molecular complexity index is 846. The summed E-state index contributed by atoms with van der Waals surface area (Å²) in [6, 6.07) is 3.74. The van der Waals surface area contributed by atoms with Gasteiger partial charge >= 0.3 is 0 Å². The van der Waals surface area contributed by atoms with Gasteiger partial charge in [0.15, 0.2) is 5.82 Å². The highest BCUT2D eigenvalue weighted by atomic mass is 16.5. The van der Waals surface area contributed by atoms with Gasteiger partial charge in [-0.1, -0.05) is 0 Å². The van der Waals surface area contributed by atoms with Crippen molar-refractivity contribution in [1.82, 2.24) is 19.9 Å². The van der Waals surface area contributed by atoms with Crippen molar-refractivity contribution in [1.29, 1.82) is 0 Å². The van der Waals surface area contributed by atoms with E-state index in [4.69, 9.17) is 10.5 Å². The van der Waals surface area contributed by atoms with Crippen LogP contribution >= 0.6 is 0 Å². The van der Waals surface area contributed by atoms with E-state index in [1.807, 2.05) is 18.3 Å². The number of hydrogen-bond donors (Lipinski definition) is 1. The zero-order chi connectivity index (χ0) is 15.8. The number of rotatable bonds is 3. The number of methoxy groups -OCH3 is 1. The van der Waals surface area contributed by atoms with Crippen LogP contribution in [0.3, 0.4) is 0 Å². The first-order chi connectivity index (χ1) is 11.3. The zero-order valence-corrected chi connectivity index (χ0v) is 12.8. The molecule has 6 nitrogen and oxygen atoms in total. The molecular formula is C17H17N5O. The molecule has 1 fully saturated rings. The lowest BCUT2D eigenvalue weighted by Crippen LogP contribution is -2.29. The first kappa shape index (κ1) is 14.0. The lowest BCUT2D eigenvalue weighted by atomic mass is 9.77. The fraction of sp³-hybridized carbons (Fsp3) is 0.294. The minimum Gasteiger partial charge on any atom is -0.383 e. The number of nitrogens with zero attached hydrogens (tertiary/aromatic N) is 4. The molecule has 23 heavy (non-hydrogen) atoms. The van der Waals surface area contributed by atoms with E-state index in [1.54, 1.807) is 25.7 Å². The summed E-state index contributed by atoms with van der Waals surface area (Å²) >= 11 is 0. The van der Waals surface area contributed by atoms with Gasteiger partial charge < -0.3 is 10.5 Å². The first-order valence-corrected chi connectivity index (χ1v) is 7.60. The van der Waals surface area contributed by atoms with Crippen molar-refractivity contribution >= 4 is 16.7 Å². The van der Waals surface area contributed by atoms with E-state index in [0.717, 1.165) is 34.9 Å². The third kappa shape index (κ3) is 2.41. The van der Waals surface area contributed by atoms with Crippen LogP contribution in [-0.4, -0.2) is 33.1 Å². The average Bonchev–Trinajstić information content (AvgIpc) is 2.54. The summed E-state index contributed by atoms with van der Waals surface area (Å²) in [6.45, 7) is 0. The largest absolute Gasteiger partial charge is 0.383 e. The molecule has 0 aromatic carbocycles. The highest BCUT2D eigenvalue weighted by Crippen LogP contribution is 2.41. The maximum atomic E-state index is 6.25. The molecule has 0 spiro atoms. The number of anilines is 1. The lowest BCUT2D eigenvalue weighted by Gasteiger charge is -2.34. The maximum Gasteiger partial charge on any atom is 0.162 e. The average molecular weight is 307 g/mol. The van der Waals surface area contributed by atoms with Crippen LogP contribution in [0.2, 0.25) is 0 Å². The molecule has 1 saturated carbocycles. The topological polar surface area (TPSA) is 86.8 Å². The molecule has 4 rings (SSSR count). The molecule has 1 aliphatic carbocycles. The van der Waals surface area contributed by atoms with Crippen molar-refractivity contribution in [2.45, 2.75) is 24.9 Å². The molecule has 0 unspecified atom stereocenters. The van der Waals surface area contributed by atoms with Gasteiger partial charge in [0.2, 0.25) is 0 Å². The summed E-state index contributed by atoms with van der Waals surface area (Å²) in [5, 5.41) is 0.914. The summed E-state index contributed by atoms with van der Waals surface area (Å²) in [5.74, 6) is 1.51. The number of nitrogens with two attached hydrogens (primary N) is 1. The van der Waals surface area contributed by atoms with Gasteiger partial charge in [-0.15, -0.1) is 0 Å². The quantitative estimate of drug-likeness (QED) is 0.800. The number of hydrogen-bond acceptors (Lipinski definition) is 6. The van der Waals surface area contributed by atoms with Crippen LogP contribution in [0.25, 0.3) is 22.3 Å². The van der Waals surface area contributed by atoms with Crippen molar-refractivity contribution in [3.8, 4) is 11.4 Å². The minimum atomic E-state index is 0.327. The Morgan fingerprint density at radius 2 is 1.87 bits per heavy atom. The van der Waals surface area contributed by atoms with E-state index in [1.165, 1.54) is 0 Å². The van der Waals surface area contributed by atoms with Gasteiger partial charge in [-0.25, -0.2) is 9.97 Å². The number of nitrogen functional groups attached to an aromatic ring is 1. The summed E-state index contributed by atoms with van der Waals surface area (Å²) in [7, 11) is 1.75. The SMILES string of the molecule is COC1CC(c2cncc3nc(-c4ccncc4)nc(N)c23)C1. The van der Waals surface area contributed by atoms with Crippen LogP contribution in [0.4, 0.5) is 5.82 Å². The fourth-order valence-electron chi connectivity index (χ4n) is 3.09. The Kier molecular flexibility index (Phi) is 3.38. The van der Waals surface area contributed by atoms with Gasteiger partial charge in [-0.2, -0.15) is 0 Å². The molecule has 0 atom stereocenters. The number of fused-ring (bicyclic) bond motifs is 1. The standard InChI is InChI=1S/C17H17N5O/c1-23-12-6-11(7-12)13-8-20-9-14-15(13)16(18)22-17(21-14)10-2-4-19-5-3-10/h2-5,8-9,11-12H,6-7H2,1H3,(H2,18,21,22). The molecule has 0 bridgehead atoms. The summed E-state index contributed by atoms with van der Waals surface area (Å²) in [6.07, 6.45) is 9.36. The molecule has 6 heteroatoms. The van der Waals surface area contributed by atoms with E-state index < -0.39 is 0 Å². The van der Waals surface area contributed by atoms with Crippen LogP contribution in [0, 0.1) is 0 Å². The summed E-state index contributed by atoms with van der Waals surface area (Å²) in [4.78, 5) is 17.5. The van der Waals surface area contributed by atoms with E-state index >= 15 is 0 Å². The molecule has 3 heterocycles. The predicted molar refractivity (Wildman–Crippen MR) is 87.7 cm³/mol. The second-order valence-electron chi connectivity index (χ2n) is 5.82. The van der Waals surface area contributed by atoms with Gasteiger partial charge in [0.05, 0.1) is 17.8 Å². The Morgan fingerprint density at radius 1 is 1.09 bits per heavy atom. The van der Waals surface area contributed by atoms with E-state index in [0.29, 0.717) is 23.7 Å². The van der Waals surface area contributed by atoms with Crippen molar-refractivity contribution in [3.05, 3.63) is 42.5 Å². The zero-order valence-electron chi connectivity index (χ0n) is 12.8. The monoisotopic (exact) mass is 307 g/mol. The van der Waals surface area contributed by atoms with Crippen LogP contribution < -0.4 is 5.73 Å². The Morgan fingerprint density at radius 3 is 2.61 bits per heavy atom. The highest BCUT2D eigenvalue weighted by molar-refractivity contribution is 5.92. The van der Waals surface area contributed by atoms with Crippen molar-refractivity contribution in [2.75, 3.05) is 12.8 Å². The fourth-order valence-corrected chi connectivity index (χ4v) is 3.09. The predicted octanol–water partition coefficient (Wildman–Crippen LogP) is 2.56. The molecule has 0 amide bonds. The second kappa shape index (κ2) is 5.55. The van der Waals surface area contributed by atoms with Crippen LogP contribution in [0.15, 0.2) is 36.9 Å². The molecular weight excluding hydrogens is 290 g/mol. The Labute approximate surface area is 133 Å². The number of pyridine rings is 2. The van der Waals surface area contributed by atoms with E-state index in [2.05, 4.69) is 19.9 Å². The van der Waals surface area contributed by atoms with Gasteiger partial charge in [-0.3, -0.25) is 9.97 Å². The minimum absolute atomic E-state index is 0.327. The van der Waals surface area contributed by atoms with Gasteiger partial charge in [0.25, 0.3) is 0 Å². The summed E-state index contributed by atoms with van der Waals surface area (Å²) < 4.78 is 5.37. The normalized spacial score (nSPS) is 20.4. The first-order valence-electron chi connectivity index (χ1n) is 7.60. The van der Waals surface area contributed by atoms with Crippen LogP contribution in [-0.2, 0) is 4.74 Å². The Hall–Kier alpha value is -2.60. The van der Waals surface area contributed by atoms with Crippen molar-refractivity contribution in [3.63, 3.8) is 0 Å². The van der Waals surface area contributed by atoms with Crippen LogP contribution in [0.1, 0.15) is 24.3 Å². The van der Waals surface area contributed by atoms with E-state index in [-0.39, 0.29) is 0 Å². The Balaban J connectivity index is 1.80. The summed E-state index contributed by atoms with van der Waals surface area (Å²) in [5.41, 5.74) is 9.04. The smallest absolute Gasteiger partial charge is 0.162 e. The third-order valence-electron chi connectivity index (χ3n) is 4.47. The lowest BCUT2D eigenvalue weighted by molar-refractivity contribution is 0.0260. The molecule has 1 aliphatic rings.